The monoisotopic (exact) mass is 480 g/mol. The summed E-state index contributed by atoms with van der Waals surface area (Å²) in [5.41, 5.74) is -0.303. The number of allylic oxidation sites excluding steroid dienone is 3. The van der Waals surface area contributed by atoms with Gasteiger partial charge in [-0.05, 0) is 57.9 Å². The summed E-state index contributed by atoms with van der Waals surface area (Å²) < 4.78 is 11.4. The summed E-state index contributed by atoms with van der Waals surface area (Å²) in [5, 5.41) is 30.6. The molecule has 0 spiro atoms. The smallest absolute Gasteiger partial charge is 0.309 e. The third-order valence-corrected chi connectivity index (χ3v) is 7.28. The summed E-state index contributed by atoms with van der Waals surface area (Å²) in [4.78, 5) is 25.2. The molecule has 7 heteroatoms. The molecule has 0 aromatic rings. The second kappa shape index (κ2) is 13.0. The standard InChI is InChI=1S/C27H44O7/c1-6-21(29)18(3)26-23(33-26)11-9-7-8-10-17(2)25-19(4)22(30)13-15-27(5,32)14-12-20(28)16-24(31)34-25/h7-8,10,18-21,23,25-26,28-29,32H,6,9,11-16H2,1-5H3/b8-7+,17-10+/t18-,19+,20-,21+,23-,25+,26-,27-/m1/s1. The number of carbonyl (C=O) groups excluding carboxylic acids is 2. The number of cyclic esters (lactones) is 1. The Kier molecular flexibility index (Phi) is 10.9. The van der Waals surface area contributed by atoms with E-state index >= 15 is 0 Å². The summed E-state index contributed by atoms with van der Waals surface area (Å²) in [7, 11) is 0. The van der Waals surface area contributed by atoms with Gasteiger partial charge < -0.3 is 24.8 Å². The van der Waals surface area contributed by atoms with Crippen molar-refractivity contribution in [2.24, 2.45) is 11.8 Å². The van der Waals surface area contributed by atoms with Crippen LogP contribution in [0.25, 0.3) is 0 Å². The molecule has 0 saturated carbocycles. The van der Waals surface area contributed by atoms with Crippen LogP contribution in [0.1, 0.15) is 86.0 Å². The van der Waals surface area contributed by atoms with Gasteiger partial charge in [0.2, 0.25) is 0 Å². The molecule has 3 N–H and O–H groups in total. The largest absolute Gasteiger partial charge is 0.457 e. The maximum atomic E-state index is 12.8. The van der Waals surface area contributed by atoms with Crippen LogP contribution in [0.3, 0.4) is 0 Å². The second-order valence-electron chi connectivity index (χ2n) is 10.4. The van der Waals surface area contributed by atoms with Gasteiger partial charge in [-0.3, -0.25) is 9.59 Å². The van der Waals surface area contributed by atoms with E-state index in [9.17, 15) is 24.9 Å². The van der Waals surface area contributed by atoms with Crippen LogP contribution in [-0.4, -0.2) is 63.2 Å². The van der Waals surface area contributed by atoms with Gasteiger partial charge in [-0.15, -0.1) is 0 Å². The number of epoxide rings is 1. The number of carbonyl (C=O) groups is 2. The molecule has 2 aliphatic heterocycles. The van der Waals surface area contributed by atoms with Crippen molar-refractivity contribution in [1.29, 1.82) is 0 Å². The number of aliphatic hydroxyl groups is 3. The first-order valence-corrected chi connectivity index (χ1v) is 12.7. The molecule has 7 nitrogen and oxygen atoms in total. The maximum absolute atomic E-state index is 12.8. The lowest BCUT2D eigenvalue weighted by Gasteiger charge is -2.29. The average Bonchev–Trinajstić information content (AvgIpc) is 3.56. The molecule has 34 heavy (non-hydrogen) atoms. The van der Waals surface area contributed by atoms with Crippen molar-refractivity contribution in [2.45, 2.75) is 122 Å². The quantitative estimate of drug-likeness (QED) is 0.276. The average molecular weight is 481 g/mol. The molecule has 0 aromatic heterocycles. The number of ketones is 1. The Hall–Kier alpha value is -1.54. The van der Waals surface area contributed by atoms with Crippen molar-refractivity contribution in [2.75, 3.05) is 0 Å². The highest BCUT2D eigenvalue weighted by Crippen LogP contribution is 2.35. The first-order chi connectivity index (χ1) is 15.9. The third kappa shape index (κ3) is 8.91. The summed E-state index contributed by atoms with van der Waals surface area (Å²) in [6.45, 7) is 9.23. The van der Waals surface area contributed by atoms with E-state index in [4.69, 9.17) is 9.47 Å². The minimum atomic E-state index is -1.06. The van der Waals surface area contributed by atoms with Gasteiger partial charge in [-0.25, -0.2) is 0 Å². The topological polar surface area (TPSA) is 117 Å². The minimum Gasteiger partial charge on any atom is -0.457 e. The number of aliphatic hydroxyl groups excluding tert-OH is 2. The SMILES string of the molecule is CC[C@H](O)[C@@H](C)[C@H]1O[C@@H]1CC/C=C/C=C(\C)[C@@H]1OC(=O)C[C@H](O)CC[C@@](C)(O)CCC(=O)[C@@H]1C. The molecule has 0 unspecified atom stereocenters. The van der Waals surface area contributed by atoms with Gasteiger partial charge in [0.25, 0.3) is 0 Å². The van der Waals surface area contributed by atoms with Crippen LogP contribution < -0.4 is 0 Å². The molecule has 8 atom stereocenters. The summed E-state index contributed by atoms with van der Waals surface area (Å²) in [5.74, 6) is -1.02. The van der Waals surface area contributed by atoms with E-state index in [0.29, 0.717) is 12.8 Å². The zero-order chi connectivity index (χ0) is 25.5. The molecule has 2 aliphatic rings. The predicted octanol–water partition coefficient (Wildman–Crippen LogP) is 3.64. The lowest BCUT2D eigenvalue weighted by molar-refractivity contribution is -0.153. The summed E-state index contributed by atoms with van der Waals surface area (Å²) >= 11 is 0. The highest BCUT2D eigenvalue weighted by Gasteiger charge is 2.44. The van der Waals surface area contributed by atoms with E-state index in [2.05, 4.69) is 0 Å². The molecule has 2 heterocycles. The fourth-order valence-electron chi connectivity index (χ4n) is 4.58. The number of hydrogen-bond donors (Lipinski definition) is 3. The van der Waals surface area contributed by atoms with Gasteiger partial charge >= 0.3 is 5.97 Å². The predicted molar refractivity (Wildman–Crippen MR) is 130 cm³/mol. The van der Waals surface area contributed by atoms with Gasteiger partial charge in [-0.2, -0.15) is 0 Å². The Morgan fingerprint density at radius 3 is 2.68 bits per heavy atom. The second-order valence-corrected chi connectivity index (χ2v) is 10.4. The molecule has 0 aliphatic carbocycles. The Morgan fingerprint density at radius 2 is 2.00 bits per heavy atom. The van der Waals surface area contributed by atoms with Crippen molar-refractivity contribution >= 4 is 11.8 Å². The van der Waals surface area contributed by atoms with Crippen LogP contribution in [-0.2, 0) is 19.1 Å². The first-order valence-electron chi connectivity index (χ1n) is 12.7. The van der Waals surface area contributed by atoms with Crippen LogP contribution in [0.2, 0.25) is 0 Å². The van der Waals surface area contributed by atoms with Crippen molar-refractivity contribution in [3.05, 3.63) is 23.8 Å². The Labute approximate surface area is 204 Å². The van der Waals surface area contributed by atoms with Gasteiger partial charge in [-0.1, -0.05) is 39.0 Å². The van der Waals surface area contributed by atoms with Gasteiger partial charge in [0.05, 0.1) is 42.4 Å². The summed E-state index contributed by atoms with van der Waals surface area (Å²) in [6.07, 6.45) is 7.50. The van der Waals surface area contributed by atoms with E-state index in [-0.39, 0.29) is 49.3 Å². The molecule has 194 valence electrons. The molecule has 2 fully saturated rings. The number of ether oxygens (including phenoxy) is 2. The fraction of sp³-hybridized carbons (Fsp3) is 0.778. The van der Waals surface area contributed by atoms with Crippen molar-refractivity contribution < 1.29 is 34.4 Å². The minimum absolute atomic E-state index is 0.0590. The van der Waals surface area contributed by atoms with Crippen LogP contribution in [0.5, 0.6) is 0 Å². The van der Waals surface area contributed by atoms with Crippen LogP contribution in [0.15, 0.2) is 23.8 Å². The number of esters is 1. The van der Waals surface area contributed by atoms with Gasteiger partial charge in [0, 0.05) is 12.3 Å². The van der Waals surface area contributed by atoms with Crippen molar-refractivity contribution in [3.63, 3.8) is 0 Å². The molecule has 0 radical (unpaired) electrons. The first kappa shape index (κ1) is 28.7. The normalized spacial score (nSPS) is 35.9. The van der Waals surface area contributed by atoms with Crippen LogP contribution in [0.4, 0.5) is 0 Å². The van der Waals surface area contributed by atoms with Gasteiger partial charge in [0.15, 0.2) is 0 Å². The van der Waals surface area contributed by atoms with Crippen molar-refractivity contribution in [1.82, 2.24) is 0 Å². The fourth-order valence-corrected chi connectivity index (χ4v) is 4.58. The zero-order valence-electron chi connectivity index (χ0n) is 21.4. The maximum Gasteiger partial charge on any atom is 0.309 e. The highest BCUT2D eigenvalue weighted by atomic mass is 16.6. The Balaban J connectivity index is 1.96. The lowest BCUT2D eigenvalue weighted by Crippen LogP contribution is -2.35. The molecule has 2 rings (SSSR count). The number of hydrogen-bond acceptors (Lipinski definition) is 7. The van der Waals surface area contributed by atoms with E-state index < -0.39 is 29.7 Å². The Morgan fingerprint density at radius 1 is 1.29 bits per heavy atom. The number of rotatable bonds is 8. The molecular formula is C27H44O7. The van der Waals surface area contributed by atoms with E-state index in [1.54, 1.807) is 13.8 Å². The van der Waals surface area contributed by atoms with Gasteiger partial charge in [0.1, 0.15) is 11.9 Å². The molecule has 2 saturated heterocycles. The lowest BCUT2D eigenvalue weighted by atomic mass is 9.86. The van der Waals surface area contributed by atoms with Crippen LogP contribution in [0, 0.1) is 11.8 Å². The van der Waals surface area contributed by atoms with Crippen molar-refractivity contribution in [3.8, 4) is 0 Å². The molecule has 0 bridgehead atoms. The molecule has 0 amide bonds. The van der Waals surface area contributed by atoms with Crippen LogP contribution >= 0.6 is 0 Å². The Bertz CT molecular complexity index is 741. The highest BCUT2D eigenvalue weighted by molar-refractivity contribution is 5.82. The zero-order valence-corrected chi connectivity index (χ0v) is 21.4. The molecular weight excluding hydrogens is 436 g/mol. The third-order valence-electron chi connectivity index (χ3n) is 7.28. The summed E-state index contributed by atoms with van der Waals surface area (Å²) in [6, 6.07) is 0. The van der Waals surface area contributed by atoms with E-state index in [1.165, 1.54) is 0 Å². The number of Topliss-reactive ketones (excluding diaryl/α,β-unsaturated/α-hetero) is 1. The van der Waals surface area contributed by atoms with E-state index in [0.717, 1.165) is 24.8 Å². The molecule has 0 aromatic carbocycles. The van der Waals surface area contributed by atoms with E-state index in [1.807, 2.05) is 39.0 Å².